The Kier molecular flexibility index (Phi) is 5.54. The lowest BCUT2D eigenvalue weighted by molar-refractivity contribution is -0.0974. The third-order valence-corrected chi connectivity index (χ3v) is 2.76. The van der Waals surface area contributed by atoms with Crippen LogP contribution in [0.1, 0.15) is 10.4 Å². The van der Waals surface area contributed by atoms with Gasteiger partial charge in [-0.3, -0.25) is 4.79 Å². The van der Waals surface area contributed by atoms with Crippen molar-refractivity contribution >= 4 is 21.8 Å². The molecule has 0 bridgehead atoms. The van der Waals surface area contributed by atoms with E-state index in [9.17, 15) is 9.18 Å². The second-order valence-electron chi connectivity index (χ2n) is 3.21. The van der Waals surface area contributed by atoms with E-state index in [4.69, 9.17) is 9.47 Å². The predicted octanol–water partition coefficient (Wildman–Crippen LogP) is 1.94. The Labute approximate surface area is 107 Å². The molecule has 1 rings (SSSR count). The SMILES string of the molecule is COC(CNC(=O)c1cccc(Br)c1F)OC. The van der Waals surface area contributed by atoms with Crippen LogP contribution in [0.2, 0.25) is 0 Å². The van der Waals surface area contributed by atoms with E-state index in [0.717, 1.165) is 0 Å². The largest absolute Gasteiger partial charge is 0.354 e. The summed E-state index contributed by atoms with van der Waals surface area (Å²) in [4.78, 5) is 11.7. The average Bonchev–Trinajstić information content (AvgIpc) is 2.33. The molecule has 0 spiro atoms. The lowest BCUT2D eigenvalue weighted by Crippen LogP contribution is -2.34. The summed E-state index contributed by atoms with van der Waals surface area (Å²) in [6, 6.07) is 4.52. The van der Waals surface area contributed by atoms with Crippen molar-refractivity contribution in [2.45, 2.75) is 6.29 Å². The second-order valence-corrected chi connectivity index (χ2v) is 4.07. The van der Waals surface area contributed by atoms with Gasteiger partial charge in [-0.1, -0.05) is 6.07 Å². The van der Waals surface area contributed by atoms with E-state index in [1.807, 2.05) is 0 Å². The molecular weight excluding hydrogens is 293 g/mol. The van der Waals surface area contributed by atoms with Gasteiger partial charge in [0.05, 0.1) is 16.6 Å². The summed E-state index contributed by atoms with van der Waals surface area (Å²) in [7, 11) is 2.92. The third-order valence-electron chi connectivity index (χ3n) is 2.15. The van der Waals surface area contributed by atoms with Crippen molar-refractivity contribution in [1.82, 2.24) is 5.32 Å². The molecule has 0 aliphatic rings. The third kappa shape index (κ3) is 3.76. The van der Waals surface area contributed by atoms with Crippen LogP contribution in [0.4, 0.5) is 4.39 Å². The van der Waals surface area contributed by atoms with Gasteiger partial charge in [0.1, 0.15) is 5.82 Å². The highest BCUT2D eigenvalue weighted by Gasteiger charge is 2.15. The summed E-state index contributed by atoms with van der Waals surface area (Å²) in [5.74, 6) is -1.10. The van der Waals surface area contributed by atoms with E-state index in [-0.39, 0.29) is 16.6 Å². The second kappa shape index (κ2) is 6.68. The van der Waals surface area contributed by atoms with Crippen molar-refractivity contribution in [1.29, 1.82) is 0 Å². The summed E-state index contributed by atoms with van der Waals surface area (Å²) < 4.78 is 23.6. The summed E-state index contributed by atoms with van der Waals surface area (Å²) in [6.07, 6.45) is -0.547. The monoisotopic (exact) mass is 305 g/mol. The molecule has 1 aromatic rings. The number of nitrogens with one attached hydrogen (secondary N) is 1. The molecule has 0 radical (unpaired) electrons. The van der Waals surface area contributed by atoms with Crippen LogP contribution in [0.3, 0.4) is 0 Å². The summed E-state index contributed by atoms with van der Waals surface area (Å²) in [5, 5.41) is 2.52. The standard InChI is InChI=1S/C11H13BrFNO3/c1-16-9(17-2)6-14-11(15)7-4-3-5-8(12)10(7)13/h3-5,9H,6H2,1-2H3,(H,14,15). The summed E-state index contributed by atoms with van der Waals surface area (Å²) in [6.45, 7) is 0.151. The molecule has 17 heavy (non-hydrogen) atoms. The smallest absolute Gasteiger partial charge is 0.254 e. The molecule has 0 aliphatic heterocycles. The van der Waals surface area contributed by atoms with Crippen LogP contribution in [0.5, 0.6) is 0 Å². The highest BCUT2D eigenvalue weighted by atomic mass is 79.9. The molecule has 94 valence electrons. The highest BCUT2D eigenvalue weighted by Crippen LogP contribution is 2.18. The molecule has 1 aromatic carbocycles. The quantitative estimate of drug-likeness (QED) is 0.846. The van der Waals surface area contributed by atoms with Gasteiger partial charge >= 0.3 is 0 Å². The normalized spacial score (nSPS) is 10.6. The maximum absolute atomic E-state index is 13.6. The van der Waals surface area contributed by atoms with Crippen molar-refractivity contribution in [3.63, 3.8) is 0 Å². The van der Waals surface area contributed by atoms with Gasteiger partial charge < -0.3 is 14.8 Å². The lowest BCUT2D eigenvalue weighted by atomic mass is 10.2. The lowest BCUT2D eigenvalue weighted by Gasteiger charge is -2.14. The predicted molar refractivity (Wildman–Crippen MR) is 64.2 cm³/mol. The van der Waals surface area contributed by atoms with Gasteiger partial charge in [-0.2, -0.15) is 0 Å². The molecule has 6 heteroatoms. The molecule has 0 heterocycles. The zero-order chi connectivity index (χ0) is 12.8. The average molecular weight is 306 g/mol. The van der Waals surface area contributed by atoms with Crippen LogP contribution in [0.15, 0.2) is 22.7 Å². The topological polar surface area (TPSA) is 47.6 Å². The molecule has 0 saturated heterocycles. The fourth-order valence-corrected chi connectivity index (χ4v) is 1.58. The molecule has 4 nitrogen and oxygen atoms in total. The number of ether oxygens (including phenoxy) is 2. The molecule has 0 saturated carbocycles. The minimum absolute atomic E-state index is 0.0228. The van der Waals surface area contributed by atoms with Crippen molar-refractivity contribution in [2.24, 2.45) is 0 Å². The number of benzene rings is 1. The maximum Gasteiger partial charge on any atom is 0.254 e. The molecule has 0 unspecified atom stereocenters. The van der Waals surface area contributed by atoms with Crippen molar-refractivity contribution < 1.29 is 18.7 Å². The van der Waals surface area contributed by atoms with Gasteiger partial charge in [0, 0.05) is 14.2 Å². The molecule has 1 amide bonds. The highest BCUT2D eigenvalue weighted by molar-refractivity contribution is 9.10. The van der Waals surface area contributed by atoms with Crippen LogP contribution in [-0.4, -0.2) is 33.0 Å². The van der Waals surface area contributed by atoms with Crippen LogP contribution < -0.4 is 5.32 Å². The zero-order valence-corrected chi connectivity index (χ0v) is 11.1. The van der Waals surface area contributed by atoms with Gasteiger partial charge in [0.25, 0.3) is 5.91 Å². The first-order chi connectivity index (χ1) is 8.10. The van der Waals surface area contributed by atoms with E-state index in [1.54, 1.807) is 6.07 Å². The number of halogens is 2. The minimum Gasteiger partial charge on any atom is -0.354 e. The molecule has 0 aromatic heterocycles. The molecule has 0 aliphatic carbocycles. The summed E-state index contributed by atoms with van der Waals surface area (Å²) >= 11 is 3.02. The van der Waals surface area contributed by atoms with Crippen LogP contribution in [0, 0.1) is 5.82 Å². The molecule has 1 N–H and O–H groups in total. The fourth-order valence-electron chi connectivity index (χ4n) is 1.21. The van der Waals surface area contributed by atoms with Crippen molar-refractivity contribution in [3.8, 4) is 0 Å². The molecule has 0 atom stereocenters. The van der Waals surface area contributed by atoms with E-state index < -0.39 is 18.0 Å². The van der Waals surface area contributed by atoms with Crippen molar-refractivity contribution in [3.05, 3.63) is 34.1 Å². The van der Waals surface area contributed by atoms with Crippen molar-refractivity contribution in [2.75, 3.05) is 20.8 Å². The zero-order valence-electron chi connectivity index (χ0n) is 9.50. The van der Waals surface area contributed by atoms with Crippen LogP contribution in [-0.2, 0) is 9.47 Å². The van der Waals surface area contributed by atoms with Gasteiger partial charge in [0.2, 0.25) is 0 Å². The number of hydrogen-bond donors (Lipinski definition) is 1. The molecular formula is C11H13BrFNO3. The minimum atomic E-state index is -0.587. The van der Waals surface area contributed by atoms with Crippen LogP contribution >= 0.6 is 15.9 Å². The van der Waals surface area contributed by atoms with E-state index in [0.29, 0.717) is 0 Å². The number of rotatable bonds is 5. The number of carbonyl (C=O) groups excluding carboxylic acids is 1. The van der Waals surface area contributed by atoms with E-state index in [1.165, 1.54) is 26.4 Å². The first-order valence-corrected chi connectivity index (χ1v) is 5.67. The first-order valence-electron chi connectivity index (χ1n) is 4.88. The Morgan fingerprint density at radius 1 is 1.47 bits per heavy atom. The van der Waals surface area contributed by atoms with E-state index in [2.05, 4.69) is 21.2 Å². The fraction of sp³-hybridized carbons (Fsp3) is 0.364. The Hall–Kier alpha value is -0.980. The maximum atomic E-state index is 13.6. The Balaban J connectivity index is 2.67. The Bertz CT molecular complexity index is 396. The van der Waals surface area contributed by atoms with E-state index >= 15 is 0 Å². The Morgan fingerprint density at radius 3 is 2.71 bits per heavy atom. The van der Waals surface area contributed by atoms with Gasteiger partial charge in [-0.15, -0.1) is 0 Å². The number of carbonyl (C=O) groups is 1. The molecule has 0 fully saturated rings. The summed E-state index contributed by atoms with van der Waals surface area (Å²) in [5.41, 5.74) is -0.0228. The van der Waals surface area contributed by atoms with Gasteiger partial charge in [0.15, 0.2) is 6.29 Å². The first kappa shape index (κ1) is 14.1. The number of hydrogen-bond acceptors (Lipinski definition) is 3. The number of methoxy groups -OCH3 is 2. The van der Waals surface area contributed by atoms with Crippen LogP contribution in [0.25, 0.3) is 0 Å². The Morgan fingerprint density at radius 2 is 2.12 bits per heavy atom. The van der Waals surface area contributed by atoms with Gasteiger partial charge in [-0.25, -0.2) is 4.39 Å². The van der Waals surface area contributed by atoms with Gasteiger partial charge in [-0.05, 0) is 28.1 Å². The number of amides is 1.